The summed E-state index contributed by atoms with van der Waals surface area (Å²) in [4.78, 5) is 4.01. The number of benzene rings is 1. The molecule has 108 valence electrons. The lowest BCUT2D eigenvalue weighted by Gasteiger charge is -2.14. The molecule has 0 saturated heterocycles. The van der Waals surface area contributed by atoms with Crippen molar-refractivity contribution in [1.29, 1.82) is 5.26 Å². The summed E-state index contributed by atoms with van der Waals surface area (Å²) in [6.45, 7) is 9.19. The molecule has 0 radical (unpaired) electrons. The summed E-state index contributed by atoms with van der Waals surface area (Å²) in [5.41, 5.74) is 9.09. The maximum atomic E-state index is 13.8. The van der Waals surface area contributed by atoms with Crippen LogP contribution in [-0.2, 0) is 0 Å². The van der Waals surface area contributed by atoms with Gasteiger partial charge in [-0.25, -0.2) is 9.38 Å². The first-order valence-corrected chi connectivity index (χ1v) is 6.45. The zero-order valence-electron chi connectivity index (χ0n) is 12.4. The molecule has 21 heavy (non-hydrogen) atoms. The number of allylic oxidation sites excluding steroid dienone is 2. The smallest absolute Gasteiger partial charge is 0.141 e. The fraction of sp³-hybridized carbons (Fsp3) is 0.176. The van der Waals surface area contributed by atoms with Gasteiger partial charge in [0.1, 0.15) is 17.7 Å². The highest BCUT2D eigenvalue weighted by atomic mass is 19.1. The maximum Gasteiger partial charge on any atom is 0.141 e. The molecule has 0 unspecified atom stereocenters. The highest BCUT2D eigenvalue weighted by Gasteiger charge is 2.14. The van der Waals surface area contributed by atoms with E-state index in [0.717, 1.165) is 16.7 Å². The van der Waals surface area contributed by atoms with Crippen LogP contribution in [0.5, 0.6) is 0 Å². The Kier molecular flexibility index (Phi) is 5.62. The minimum atomic E-state index is -0.554. The van der Waals surface area contributed by atoms with Crippen molar-refractivity contribution >= 4 is 11.4 Å². The Morgan fingerprint density at radius 3 is 2.52 bits per heavy atom. The monoisotopic (exact) mass is 283 g/mol. The molecule has 0 bridgehead atoms. The molecule has 0 saturated carbocycles. The van der Waals surface area contributed by atoms with Crippen LogP contribution in [0.1, 0.15) is 31.9 Å². The minimum Gasteiger partial charge on any atom is -0.383 e. The first-order chi connectivity index (χ1) is 9.96. The molecule has 0 amide bonds. The Labute approximate surface area is 124 Å². The lowest BCUT2D eigenvalue weighted by atomic mass is 9.93. The van der Waals surface area contributed by atoms with Gasteiger partial charge in [-0.15, -0.1) is 0 Å². The third-order valence-corrected chi connectivity index (χ3v) is 2.95. The molecule has 4 heteroatoms. The van der Waals surface area contributed by atoms with E-state index in [2.05, 4.69) is 11.6 Å². The average molecular weight is 283 g/mol. The van der Waals surface area contributed by atoms with E-state index >= 15 is 0 Å². The average Bonchev–Trinajstić information content (AvgIpc) is 2.44. The lowest BCUT2D eigenvalue weighted by Crippen LogP contribution is -2.17. The standard InChI is InChI=1S/C17H18FN3/c1-5-14(16(11(3)4)17(20)21-6-2)12-7-8-13(10-19)15(18)9-12/h5-9H,2H2,1,3-4H3,(H2,20,21)/b14-5-. The minimum absolute atomic E-state index is 0.0145. The second-order valence-electron chi connectivity index (χ2n) is 4.58. The topological polar surface area (TPSA) is 62.2 Å². The van der Waals surface area contributed by atoms with Gasteiger partial charge in [-0.3, -0.25) is 0 Å². The van der Waals surface area contributed by atoms with Crippen LogP contribution in [0, 0.1) is 17.1 Å². The van der Waals surface area contributed by atoms with Gasteiger partial charge in [-0.1, -0.05) is 24.3 Å². The van der Waals surface area contributed by atoms with Gasteiger partial charge in [-0.05, 0) is 44.0 Å². The summed E-state index contributed by atoms with van der Waals surface area (Å²) < 4.78 is 13.8. The second kappa shape index (κ2) is 7.20. The Balaban J connectivity index is 3.47. The van der Waals surface area contributed by atoms with Crippen molar-refractivity contribution < 1.29 is 4.39 Å². The molecule has 2 N–H and O–H groups in total. The van der Waals surface area contributed by atoms with Gasteiger partial charge in [0.05, 0.1) is 5.56 Å². The molecule has 0 atom stereocenters. The zero-order valence-corrected chi connectivity index (χ0v) is 12.4. The summed E-state index contributed by atoms with van der Waals surface area (Å²) in [7, 11) is 0. The number of hydrogen-bond acceptors (Lipinski definition) is 2. The van der Waals surface area contributed by atoms with Gasteiger partial charge in [-0.2, -0.15) is 5.26 Å². The first-order valence-electron chi connectivity index (χ1n) is 6.45. The zero-order chi connectivity index (χ0) is 16.0. The number of nitrogens with two attached hydrogens (primary N) is 1. The van der Waals surface area contributed by atoms with Crippen molar-refractivity contribution in [2.75, 3.05) is 0 Å². The van der Waals surface area contributed by atoms with Crippen LogP contribution in [0.4, 0.5) is 4.39 Å². The van der Waals surface area contributed by atoms with Gasteiger partial charge in [0.15, 0.2) is 0 Å². The molecule has 0 heterocycles. The van der Waals surface area contributed by atoms with E-state index in [0.29, 0.717) is 11.4 Å². The number of halogens is 1. The van der Waals surface area contributed by atoms with Crippen molar-refractivity contribution in [3.8, 4) is 6.07 Å². The largest absolute Gasteiger partial charge is 0.383 e. The number of nitriles is 1. The van der Waals surface area contributed by atoms with Crippen LogP contribution in [-0.4, -0.2) is 5.84 Å². The summed E-state index contributed by atoms with van der Waals surface area (Å²) in [6, 6.07) is 6.29. The van der Waals surface area contributed by atoms with E-state index in [-0.39, 0.29) is 5.56 Å². The van der Waals surface area contributed by atoms with Crippen LogP contribution in [0.3, 0.4) is 0 Å². The van der Waals surface area contributed by atoms with Crippen molar-refractivity contribution in [3.05, 3.63) is 65.1 Å². The molecule has 0 aromatic heterocycles. The number of hydrogen-bond donors (Lipinski definition) is 1. The molecule has 0 aliphatic heterocycles. The highest BCUT2D eigenvalue weighted by Crippen LogP contribution is 2.27. The normalized spacial score (nSPS) is 11.8. The Bertz CT molecular complexity index is 684. The van der Waals surface area contributed by atoms with Gasteiger partial charge in [0.25, 0.3) is 0 Å². The summed E-state index contributed by atoms with van der Waals surface area (Å²) in [6.07, 6.45) is 3.21. The van der Waals surface area contributed by atoms with Crippen molar-refractivity contribution in [3.63, 3.8) is 0 Å². The number of rotatable bonds is 4. The summed E-state index contributed by atoms with van der Waals surface area (Å²) in [5, 5.41) is 8.80. The van der Waals surface area contributed by atoms with Crippen molar-refractivity contribution in [2.24, 2.45) is 10.7 Å². The third-order valence-electron chi connectivity index (χ3n) is 2.95. The Morgan fingerprint density at radius 1 is 1.43 bits per heavy atom. The van der Waals surface area contributed by atoms with E-state index in [1.54, 1.807) is 12.1 Å². The predicted molar refractivity (Wildman–Crippen MR) is 85.0 cm³/mol. The van der Waals surface area contributed by atoms with Gasteiger partial charge >= 0.3 is 0 Å². The molecule has 3 nitrogen and oxygen atoms in total. The van der Waals surface area contributed by atoms with Gasteiger partial charge in [0, 0.05) is 11.8 Å². The van der Waals surface area contributed by atoms with Crippen molar-refractivity contribution in [2.45, 2.75) is 20.8 Å². The molecular weight excluding hydrogens is 265 g/mol. The number of amidine groups is 1. The highest BCUT2D eigenvalue weighted by molar-refractivity contribution is 6.12. The molecule has 0 aliphatic carbocycles. The molecule has 1 rings (SSSR count). The molecule has 1 aromatic rings. The first kappa shape index (κ1) is 16.4. The molecule has 0 spiro atoms. The SMILES string of the molecule is C=C/N=C(/N)C(=C(C)C)/C(=C\C)c1ccc(C#N)c(F)c1. The van der Waals surface area contributed by atoms with Gasteiger partial charge in [0.2, 0.25) is 0 Å². The van der Waals surface area contributed by atoms with Crippen LogP contribution >= 0.6 is 0 Å². The number of aliphatic imine (C=N–C) groups is 1. The molecule has 0 fully saturated rings. The van der Waals surface area contributed by atoms with Crippen molar-refractivity contribution in [1.82, 2.24) is 0 Å². The second-order valence-corrected chi connectivity index (χ2v) is 4.58. The van der Waals surface area contributed by atoms with Crippen LogP contribution in [0.15, 0.2) is 53.2 Å². The van der Waals surface area contributed by atoms with E-state index in [1.165, 1.54) is 18.3 Å². The lowest BCUT2D eigenvalue weighted by molar-refractivity contribution is 0.623. The third kappa shape index (κ3) is 3.67. The van der Waals surface area contributed by atoms with Crippen LogP contribution < -0.4 is 5.73 Å². The number of nitrogens with zero attached hydrogens (tertiary/aromatic N) is 2. The quantitative estimate of drug-likeness (QED) is 0.517. The van der Waals surface area contributed by atoms with E-state index in [4.69, 9.17) is 11.0 Å². The van der Waals surface area contributed by atoms with E-state index < -0.39 is 5.82 Å². The molecule has 1 aromatic carbocycles. The summed E-state index contributed by atoms with van der Waals surface area (Å²) >= 11 is 0. The summed E-state index contributed by atoms with van der Waals surface area (Å²) in [5.74, 6) is -0.232. The van der Waals surface area contributed by atoms with Crippen LogP contribution in [0.25, 0.3) is 5.57 Å². The van der Waals surface area contributed by atoms with E-state index in [1.807, 2.05) is 26.8 Å². The predicted octanol–water partition coefficient (Wildman–Crippen LogP) is 3.94. The molecule has 0 aliphatic rings. The fourth-order valence-electron chi connectivity index (χ4n) is 2.06. The maximum absolute atomic E-state index is 13.8. The Hall–Kier alpha value is -2.67. The van der Waals surface area contributed by atoms with E-state index in [9.17, 15) is 4.39 Å². The Morgan fingerprint density at radius 2 is 2.10 bits per heavy atom. The molecular formula is C17H18FN3. The van der Waals surface area contributed by atoms with Gasteiger partial charge < -0.3 is 5.73 Å². The van der Waals surface area contributed by atoms with Crippen LogP contribution in [0.2, 0.25) is 0 Å². The fourth-order valence-corrected chi connectivity index (χ4v) is 2.06.